The summed E-state index contributed by atoms with van der Waals surface area (Å²) < 4.78 is 0. The molecule has 0 aromatic heterocycles. The minimum absolute atomic E-state index is 0.118. The van der Waals surface area contributed by atoms with E-state index in [1.807, 2.05) is 0 Å². The predicted molar refractivity (Wildman–Crippen MR) is 107 cm³/mol. The van der Waals surface area contributed by atoms with Crippen LogP contribution in [0, 0.1) is 17.0 Å². The smallest absolute Gasteiger partial charge is 0.273 e. The Kier molecular flexibility index (Phi) is 5.56. The molecule has 0 aliphatic carbocycles. The van der Waals surface area contributed by atoms with Gasteiger partial charge in [-0.2, -0.15) is 0 Å². The summed E-state index contributed by atoms with van der Waals surface area (Å²) in [6, 6.07) is 9.88. The SMILES string of the molecule is Cc1c(Cl)cccc1N1C(=O)NC(=O)/C(=C\C=C\c2ccccc2[N+](=O)[O-])C1=O. The Morgan fingerprint density at radius 3 is 2.55 bits per heavy atom. The van der Waals surface area contributed by atoms with Gasteiger partial charge in [0, 0.05) is 11.1 Å². The van der Waals surface area contributed by atoms with Gasteiger partial charge in [-0.3, -0.25) is 25.0 Å². The summed E-state index contributed by atoms with van der Waals surface area (Å²) in [4.78, 5) is 48.6. The number of nitrogens with one attached hydrogen (secondary N) is 1. The van der Waals surface area contributed by atoms with E-state index in [-0.39, 0.29) is 16.9 Å². The highest BCUT2D eigenvalue weighted by Gasteiger charge is 2.37. The van der Waals surface area contributed by atoms with Gasteiger partial charge in [0.2, 0.25) is 0 Å². The topological polar surface area (TPSA) is 110 Å². The fraction of sp³-hybridized carbons (Fsp3) is 0.0500. The number of rotatable bonds is 4. The summed E-state index contributed by atoms with van der Waals surface area (Å²) in [7, 11) is 0. The fourth-order valence-corrected chi connectivity index (χ4v) is 2.95. The summed E-state index contributed by atoms with van der Waals surface area (Å²) in [5, 5.41) is 13.5. The van der Waals surface area contributed by atoms with E-state index in [1.54, 1.807) is 25.1 Å². The van der Waals surface area contributed by atoms with Crippen LogP contribution in [-0.4, -0.2) is 22.8 Å². The summed E-state index contributed by atoms with van der Waals surface area (Å²) in [6.07, 6.45) is 3.94. The van der Waals surface area contributed by atoms with Gasteiger partial charge < -0.3 is 0 Å². The zero-order valence-electron chi connectivity index (χ0n) is 15.1. The van der Waals surface area contributed by atoms with Crippen molar-refractivity contribution in [2.45, 2.75) is 6.92 Å². The molecule has 8 nitrogen and oxygen atoms in total. The normalized spacial score (nSPS) is 15.9. The lowest BCUT2D eigenvalue weighted by atomic mass is 10.1. The van der Waals surface area contributed by atoms with Crippen molar-refractivity contribution in [1.29, 1.82) is 0 Å². The van der Waals surface area contributed by atoms with Gasteiger partial charge in [-0.15, -0.1) is 0 Å². The van der Waals surface area contributed by atoms with Gasteiger partial charge in [-0.1, -0.05) is 35.9 Å². The van der Waals surface area contributed by atoms with Crippen LogP contribution in [-0.2, 0) is 9.59 Å². The number of carbonyl (C=O) groups excluding carboxylic acids is 3. The molecule has 0 spiro atoms. The molecule has 0 atom stereocenters. The lowest BCUT2D eigenvalue weighted by Gasteiger charge is -2.27. The highest BCUT2D eigenvalue weighted by molar-refractivity contribution is 6.38. The molecule has 2 aromatic carbocycles. The summed E-state index contributed by atoms with van der Waals surface area (Å²) >= 11 is 6.07. The Morgan fingerprint density at radius 2 is 1.83 bits per heavy atom. The first-order chi connectivity index (χ1) is 13.8. The number of benzene rings is 2. The van der Waals surface area contributed by atoms with Crippen LogP contribution in [0.25, 0.3) is 6.08 Å². The van der Waals surface area contributed by atoms with Gasteiger partial charge in [-0.05, 0) is 42.8 Å². The average Bonchev–Trinajstić information content (AvgIpc) is 2.67. The molecule has 146 valence electrons. The summed E-state index contributed by atoms with van der Waals surface area (Å²) in [6.45, 7) is 1.65. The van der Waals surface area contributed by atoms with Crippen LogP contribution in [0.3, 0.4) is 0 Å². The molecule has 9 heteroatoms. The highest BCUT2D eigenvalue weighted by Crippen LogP contribution is 2.29. The molecule has 2 aromatic rings. The lowest BCUT2D eigenvalue weighted by molar-refractivity contribution is -0.385. The number of para-hydroxylation sites is 1. The van der Waals surface area contributed by atoms with E-state index in [1.165, 1.54) is 42.5 Å². The number of carbonyl (C=O) groups is 3. The Hall–Kier alpha value is -3.78. The molecule has 4 amide bonds. The van der Waals surface area contributed by atoms with Crippen LogP contribution >= 0.6 is 11.6 Å². The number of nitrogens with zero attached hydrogens (tertiary/aromatic N) is 2. The summed E-state index contributed by atoms with van der Waals surface area (Å²) in [5.41, 5.74) is 0.645. The molecule has 0 radical (unpaired) electrons. The second-order valence-electron chi connectivity index (χ2n) is 6.04. The van der Waals surface area contributed by atoms with E-state index >= 15 is 0 Å². The van der Waals surface area contributed by atoms with E-state index in [4.69, 9.17) is 11.6 Å². The Labute approximate surface area is 170 Å². The average molecular weight is 412 g/mol. The predicted octanol–water partition coefficient (Wildman–Crippen LogP) is 3.78. The Morgan fingerprint density at radius 1 is 1.10 bits per heavy atom. The molecular formula is C20H14ClN3O5. The molecule has 1 fully saturated rings. The number of barbiturate groups is 1. The van der Waals surface area contributed by atoms with Crippen LogP contribution in [0.15, 0.2) is 60.2 Å². The molecule has 0 unspecified atom stereocenters. The third-order valence-electron chi connectivity index (χ3n) is 4.25. The van der Waals surface area contributed by atoms with Crippen LogP contribution in [0.2, 0.25) is 5.02 Å². The van der Waals surface area contributed by atoms with Crippen molar-refractivity contribution in [1.82, 2.24) is 5.32 Å². The molecule has 1 aliphatic heterocycles. The van der Waals surface area contributed by atoms with Crippen molar-refractivity contribution in [3.05, 3.63) is 86.5 Å². The summed E-state index contributed by atoms with van der Waals surface area (Å²) in [5.74, 6) is -1.68. The Balaban J connectivity index is 1.96. The number of urea groups is 1. The molecule has 0 saturated carbocycles. The van der Waals surface area contributed by atoms with E-state index < -0.39 is 22.8 Å². The molecule has 29 heavy (non-hydrogen) atoms. The third kappa shape index (κ3) is 3.92. The fourth-order valence-electron chi connectivity index (χ4n) is 2.78. The maximum absolute atomic E-state index is 12.8. The number of anilines is 1. The van der Waals surface area contributed by atoms with Gasteiger partial charge in [-0.25, -0.2) is 9.69 Å². The highest BCUT2D eigenvalue weighted by atomic mass is 35.5. The van der Waals surface area contributed by atoms with Crippen LogP contribution < -0.4 is 10.2 Å². The number of allylic oxidation sites excluding steroid dienone is 2. The van der Waals surface area contributed by atoms with Crippen LogP contribution in [0.1, 0.15) is 11.1 Å². The molecule has 1 aliphatic rings. The lowest BCUT2D eigenvalue weighted by Crippen LogP contribution is -2.54. The minimum atomic E-state index is -0.884. The number of amides is 4. The monoisotopic (exact) mass is 411 g/mol. The van der Waals surface area contributed by atoms with Crippen LogP contribution in [0.5, 0.6) is 0 Å². The number of nitro groups is 1. The molecule has 0 bridgehead atoms. The van der Waals surface area contributed by atoms with Crippen molar-refractivity contribution < 1.29 is 19.3 Å². The maximum atomic E-state index is 12.8. The van der Waals surface area contributed by atoms with Gasteiger partial charge in [0.05, 0.1) is 16.2 Å². The first kappa shape index (κ1) is 20.0. The zero-order chi connectivity index (χ0) is 21.1. The number of halogens is 1. The minimum Gasteiger partial charge on any atom is -0.273 e. The van der Waals surface area contributed by atoms with Gasteiger partial charge >= 0.3 is 6.03 Å². The molecule has 1 saturated heterocycles. The molecule has 1 heterocycles. The quantitative estimate of drug-likeness (QED) is 0.356. The van der Waals surface area contributed by atoms with Crippen LogP contribution in [0.4, 0.5) is 16.2 Å². The van der Waals surface area contributed by atoms with Crippen molar-refractivity contribution in [2.75, 3.05) is 4.90 Å². The van der Waals surface area contributed by atoms with E-state index in [0.717, 1.165) is 4.90 Å². The maximum Gasteiger partial charge on any atom is 0.335 e. The van der Waals surface area contributed by atoms with E-state index in [2.05, 4.69) is 5.32 Å². The van der Waals surface area contributed by atoms with Crippen molar-refractivity contribution >= 4 is 46.9 Å². The first-order valence-corrected chi connectivity index (χ1v) is 8.75. The van der Waals surface area contributed by atoms with E-state index in [0.29, 0.717) is 16.1 Å². The zero-order valence-corrected chi connectivity index (χ0v) is 15.8. The largest absolute Gasteiger partial charge is 0.335 e. The number of hydrogen-bond donors (Lipinski definition) is 1. The van der Waals surface area contributed by atoms with Crippen molar-refractivity contribution in [2.24, 2.45) is 0 Å². The van der Waals surface area contributed by atoms with Crippen molar-refractivity contribution in [3.63, 3.8) is 0 Å². The van der Waals surface area contributed by atoms with E-state index in [9.17, 15) is 24.5 Å². The number of nitro benzene ring substituents is 1. The Bertz CT molecular complexity index is 1110. The molecular weight excluding hydrogens is 398 g/mol. The molecule has 1 N–H and O–H groups in total. The van der Waals surface area contributed by atoms with Gasteiger partial charge in [0.25, 0.3) is 17.5 Å². The van der Waals surface area contributed by atoms with Gasteiger partial charge in [0.15, 0.2) is 0 Å². The van der Waals surface area contributed by atoms with Crippen molar-refractivity contribution in [3.8, 4) is 0 Å². The number of hydrogen-bond acceptors (Lipinski definition) is 5. The number of imide groups is 2. The first-order valence-electron chi connectivity index (χ1n) is 8.38. The van der Waals surface area contributed by atoms with Gasteiger partial charge in [0.1, 0.15) is 5.57 Å². The second-order valence-corrected chi connectivity index (χ2v) is 6.45. The second kappa shape index (κ2) is 8.07. The third-order valence-corrected chi connectivity index (χ3v) is 4.66. The molecule has 3 rings (SSSR count). The standard InChI is InChI=1S/C20H14ClN3O5/c1-12-15(21)9-5-11-16(12)23-19(26)14(18(25)22-20(23)27)8-4-7-13-6-2-3-10-17(13)24(28)29/h2-11H,1H3,(H,22,25,27)/b7-4+,14-8+.